The monoisotopic (exact) mass is 529 g/mol. The lowest BCUT2D eigenvalue weighted by atomic mass is 9.97. The van der Waals surface area contributed by atoms with Gasteiger partial charge >= 0.3 is 12.1 Å². The summed E-state index contributed by atoms with van der Waals surface area (Å²) in [5.41, 5.74) is 0.473. The van der Waals surface area contributed by atoms with Crippen molar-refractivity contribution in [3.05, 3.63) is 58.1 Å². The van der Waals surface area contributed by atoms with Gasteiger partial charge in [0.25, 0.3) is 5.56 Å². The molecule has 10 nitrogen and oxygen atoms in total. The van der Waals surface area contributed by atoms with E-state index in [2.05, 4.69) is 20.1 Å². The number of benzene rings is 1. The van der Waals surface area contributed by atoms with Crippen LogP contribution in [0.1, 0.15) is 37.3 Å². The fraction of sp³-hybridized carbons (Fsp3) is 0.400. The number of imidazole rings is 1. The second kappa shape index (κ2) is 9.95. The van der Waals surface area contributed by atoms with E-state index in [1.807, 2.05) is 11.8 Å². The summed E-state index contributed by atoms with van der Waals surface area (Å²) in [6.45, 7) is 3.46. The topological polar surface area (TPSA) is 122 Å². The Bertz CT molecular complexity index is 1530. The Balaban J connectivity index is 1.43. The van der Waals surface area contributed by atoms with E-state index in [0.29, 0.717) is 61.8 Å². The van der Waals surface area contributed by atoms with E-state index in [4.69, 9.17) is 0 Å². The molecule has 1 saturated heterocycles. The van der Waals surface area contributed by atoms with Gasteiger partial charge in [0, 0.05) is 25.8 Å². The summed E-state index contributed by atoms with van der Waals surface area (Å²) >= 11 is 0. The number of aromatic nitrogens is 6. The van der Waals surface area contributed by atoms with Gasteiger partial charge in [0.15, 0.2) is 11.2 Å². The molecule has 0 unspecified atom stereocenters. The first kappa shape index (κ1) is 25.5. The highest BCUT2D eigenvalue weighted by Crippen LogP contribution is 2.30. The predicted molar refractivity (Wildman–Crippen MR) is 133 cm³/mol. The van der Waals surface area contributed by atoms with Crippen LogP contribution in [0.2, 0.25) is 0 Å². The number of hydrogen-bond donors (Lipinski definition) is 2. The number of rotatable bonds is 7. The van der Waals surface area contributed by atoms with E-state index in [0.717, 1.165) is 12.1 Å². The zero-order valence-corrected chi connectivity index (χ0v) is 20.6. The van der Waals surface area contributed by atoms with Gasteiger partial charge in [0.05, 0.1) is 29.8 Å². The highest BCUT2D eigenvalue weighted by Gasteiger charge is 2.30. The molecular formula is C25H26F3N7O3. The zero-order chi connectivity index (χ0) is 27.0. The third-order valence-corrected chi connectivity index (χ3v) is 6.67. The van der Waals surface area contributed by atoms with Crippen molar-refractivity contribution >= 4 is 23.1 Å². The number of carboxylic acid groups (broad SMARTS) is 1. The molecule has 2 N–H and O–H groups in total. The smallest absolute Gasteiger partial charge is 0.416 e. The molecular weight excluding hydrogens is 503 g/mol. The summed E-state index contributed by atoms with van der Waals surface area (Å²) < 4.78 is 42.2. The number of aliphatic carboxylic acids is 1. The van der Waals surface area contributed by atoms with Crippen LogP contribution in [0.15, 0.2) is 41.5 Å². The summed E-state index contributed by atoms with van der Waals surface area (Å²) in [6, 6.07) is 5.06. The average molecular weight is 530 g/mol. The lowest BCUT2D eigenvalue weighted by molar-refractivity contribution is -0.142. The third-order valence-electron chi connectivity index (χ3n) is 6.67. The van der Waals surface area contributed by atoms with E-state index in [-0.39, 0.29) is 23.3 Å². The van der Waals surface area contributed by atoms with E-state index in [1.165, 1.54) is 16.9 Å². The van der Waals surface area contributed by atoms with Gasteiger partial charge < -0.3 is 15.0 Å². The van der Waals surface area contributed by atoms with Crippen LogP contribution in [0.25, 0.3) is 22.6 Å². The number of nitrogens with one attached hydrogen (secondary N) is 1. The highest BCUT2D eigenvalue weighted by molar-refractivity contribution is 5.76. The summed E-state index contributed by atoms with van der Waals surface area (Å²) in [6.07, 6.45) is 0.364. The maximum atomic E-state index is 13.4. The molecule has 0 atom stereocenters. The lowest BCUT2D eigenvalue weighted by Crippen LogP contribution is -2.40. The Morgan fingerprint density at radius 2 is 1.97 bits per heavy atom. The number of carbonyl (C=O) groups is 1. The maximum absolute atomic E-state index is 13.4. The number of H-pyrrole nitrogens is 1. The highest BCUT2D eigenvalue weighted by atomic mass is 19.4. The van der Waals surface area contributed by atoms with Crippen LogP contribution in [-0.2, 0) is 24.1 Å². The van der Waals surface area contributed by atoms with Crippen LogP contribution in [0.5, 0.6) is 0 Å². The first-order valence-electron chi connectivity index (χ1n) is 12.3. The van der Waals surface area contributed by atoms with E-state index < -0.39 is 23.6 Å². The second-order valence-corrected chi connectivity index (χ2v) is 9.38. The summed E-state index contributed by atoms with van der Waals surface area (Å²) in [5.74, 6) is -0.397. The number of nitrogens with zero attached hydrogens (tertiary/aromatic N) is 6. The molecule has 0 radical (unpaired) electrons. The molecule has 4 heterocycles. The van der Waals surface area contributed by atoms with Crippen LogP contribution < -0.4 is 10.5 Å². The number of aromatic amines is 1. The number of carboxylic acids is 1. The van der Waals surface area contributed by atoms with Crippen LogP contribution in [-0.4, -0.2) is 53.5 Å². The molecule has 3 aromatic heterocycles. The largest absolute Gasteiger partial charge is 0.481 e. The molecule has 4 aromatic rings. The van der Waals surface area contributed by atoms with Crippen LogP contribution in [0, 0.1) is 5.92 Å². The molecule has 200 valence electrons. The molecule has 0 spiro atoms. The molecule has 0 amide bonds. The number of anilines is 1. The summed E-state index contributed by atoms with van der Waals surface area (Å²) in [7, 11) is 0. The minimum absolute atomic E-state index is 0.127. The minimum Gasteiger partial charge on any atom is -0.481 e. The normalized spacial score (nSPS) is 14.9. The van der Waals surface area contributed by atoms with Gasteiger partial charge in [-0.05, 0) is 37.0 Å². The molecule has 5 rings (SSSR count). The van der Waals surface area contributed by atoms with Gasteiger partial charge in [-0.2, -0.15) is 23.3 Å². The second-order valence-electron chi connectivity index (χ2n) is 9.38. The zero-order valence-electron chi connectivity index (χ0n) is 20.6. The first-order valence-corrected chi connectivity index (χ1v) is 12.3. The van der Waals surface area contributed by atoms with Crippen LogP contribution in [0.4, 0.5) is 19.1 Å². The fourth-order valence-electron chi connectivity index (χ4n) is 4.71. The van der Waals surface area contributed by atoms with E-state index >= 15 is 0 Å². The minimum atomic E-state index is -4.43. The quantitative estimate of drug-likeness (QED) is 0.374. The number of fused-ring (bicyclic) bond motifs is 1. The fourth-order valence-corrected chi connectivity index (χ4v) is 4.71. The van der Waals surface area contributed by atoms with Gasteiger partial charge in [-0.25, -0.2) is 4.98 Å². The van der Waals surface area contributed by atoms with E-state index in [9.17, 15) is 27.9 Å². The average Bonchev–Trinajstić information content (AvgIpc) is 3.53. The molecule has 1 aliphatic heterocycles. The predicted octanol–water partition coefficient (Wildman–Crippen LogP) is 3.76. The van der Waals surface area contributed by atoms with Crippen molar-refractivity contribution in [3.63, 3.8) is 0 Å². The Labute approximate surface area is 214 Å². The molecule has 1 aromatic carbocycles. The molecule has 13 heteroatoms. The summed E-state index contributed by atoms with van der Waals surface area (Å²) in [4.78, 5) is 38.8. The van der Waals surface area contributed by atoms with Gasteiger partial charge in [-0.1, -0.05) is 19.1 Å². The van der Waals surface area contributed by atoms with Crippen molar-refractivity contribution in [2.75, 3.05) is 18.0 Å². The number of halogens is 3. The molecule has 0 saturated carbocycles. The van der Waals surface area contributed by atoms with Gasteiger partial charge in [-0.15, -0.1) is 0 Å². The molecule has 1 fully saturated rings. The van der Waals surface area contributed by atoms with Gasteiger partial charge in [0.2, 0.25) is 5.95 Å². The van der Waals surface area contributed by atoms with Crippen molar-refractivity contribution in [2.45, 2.75) is 45.5 Å². The Hall–Kier alpha value is -4.16. The summed E-state index contributed by atoms with van der Waals surface area (Å²) in [5, 5.41) is 13.6. The maximum Gasteiger partial charge on any atom is 0.416 e. The first-order chi connectivity index (χ1) is 18.1. The molecule has 38 heavy (non-hydrogen) atoms. The Morgan fingerprint density at radius 1 is 1.21 bits per heavy atom. The van der Waals surface area contributed by atoms with Crippen molar-refractivity contribution in [1.29, 1.82) is 0 Å². The Kier molecular flexibility index (Phi) is 6.67. The van der Waals surface area contributed by atoms with Gasteiger partial charge in [0.1, 0.15) is 5.82 Å². The van der Waals surface area contributed by atoms with Crippen molar-refractivity contribution in [2.24, 2.45) is 5.92 Å². The molecule has 0 bridgehead atoms. The van der Waals surface area contributed by atoms with Crippen LogP contribution >= 0.6 is 0 Å². The van der Waals surface area contributed by atoms with Crippen molar-refractivity contribution in [1.82, 2.24) is 29.3 Å². The standard InChI is InChI=1S/C25H26F3N7O3/c1-2-8-35-22(36)19-21(32-24(35)33-9-6-16(7-10-33)23(37)38)31-20(30-19)17-12-29-34(14-17)13-15-4-3-5-18(11-15)25(26,27)28/h3-5,11-12,14,16H,2,6-10,13H2,1H3,(H,30,31)(H,37,38). The van der Waals surface area contributed by atoms with Gasteiger partial charge in [-0.3, -0.25) is 18.8 Å². The number of piperidine rings is 1. The number of alkyl halides is 3. The molecule has 0 aliphatic carbocycles. The Morgan fingerprint density at radius 3 is 2.66 bits per heavy atom. The van der Waals surface area contributed by atoms with Crippen molar-refractivity contribution in [3.8, 4) is 11.4 Å². The van der Waals surface area contributed by atoms with Crippen molar-refractivity contribution < 1.29 is 23.1 Å². The van der Waals surface area contributed by atoms with Crippen LogP contribution in [0.3, 0.4) is 0 Å². The SMILES string of the molecule is CCCn1c(N2CCC(C(=O)O)CC2)nc2nc(-c3cnn(Cc4cccc(C(F)(F)F)c4)c3)[nH]c2c1=O. The molecule has 1 aliphatic rings. The lowest BCUT2D eigenvalue weighted by Gasteiger charge is -2.32. The third kappa shape index (κ3) is 5.00. The number of hydrogen-bond acceptors (Lipinski definition) is 6. The van der Waals surface area contributed by atoms with E-state index in [1.54, 1.807) is 16.8 Å².